The molecule has 1 atom stereocenters. The Hall–Kier alpha value is -1.46. The van der Waals surface area contributed by atoms with E-state index in [2.05, 4.69) is 35.1 Å². The van der Waals surface area contributed by atoms with E-state index in [1.54, 1.807) is 0 Å². The number of aromatic nitrogens is 1. The molecule has 0 bridgehead atoms. The molecule has 0 spiro atoms. The molecule has 20 heavy (non-hydrogen) atoms. The van der Waals surface area contributed by atoms with Crippen LogP contribution in [0.15, 0.2) is 12.3 Å². The van der Waals surface area contributed by atoms with Gasteiger partial charge in [0.1, 0.15) is 12.1 Å². The number of rotatable bonds is 5. The normalized spacial score (nSPS) is 20.1. The minimum Gasteiger partial charge on any atom is -0.378 e. The van der Waals surface area contributed by atoms with Gasteiger partial charge in [0.05, 0.1) is 19.3 Å². The summed E-state index contributed by atoms with van der Waals surface area (Å²) in [5.41, 5.74) is 2.35. The fourth-order valence-electron chi connectivity index (χ4n) is 2.39. The molecular formula is C15H23N3O2. The van der Waals surface area contributed by atoms with Crippen molar-refractivity contribution in [1.29, 1.82) is 0 Å². The summed E-state index contributed by atoms with van der Waals surface area (Å²) >= 11 is 0. The van der Waals surface area contributed by atoms with Crippen LogP contribution >= 0.6 is 0 Å². The number of ether oxygens (including phenoxy) is 1. The number of hydrogen-bond donors (Lipinski definition) is 1. The first-order valence-corrected chi connectivity index (χ1v) is 7.09. The van der Waals surface area contributed by atoms with E-state index in [9.17, 15) is 4.79 Å². The maximum atomic E-state index is 11.1. The number of hydrogen-bond acceptors (Lipinski definition) is 5. The van der Waals surface area contributed by atoms with Crippen LogP contribution in [-0.2, 0) is 16.1 Å². The van der Waals surface area contributed by atoms with Crippen molar-refractivity contribution in [2.24, 2.45) is 0 Å². The molecule has 0 radical (unpaired) electrons. The summed E-state index contributed by atoms with van der Waals surface area (Å²) in [6.45, 7) is 6.97. The van der Waals surface area contributed by atoms with E-state index < -0.39 is 0 Å². The summed E-state index contributed by atoms with van der Waals surface area (Å²) in [5, 5.41) is 3.13. The smallest absolute Gasteiger partial charge is 0.139 e. The van der Waals surface area contributed by atoms with Crippen molar-refractivity contribution in [1.82, 2.24) is 9.88 Å². The van der Waals surface area contributed by atoms with E-state index in [0.717, 1.165) is 30.8 Å². The van der Waals surface area contributed by atoms with Gasteiger partial charge >= 0.3 is 0 Å². The van der Waals surface area contributed by atoms with Crippen molar-refractivity contribution in [2.75, 3.05) is 32.1 Å². The van der Waals surface area contributed by atoms with Gasteiger partial charge in [0, 0.05) is 31.9 Å². The van der Waals surface area contributed by atoms with Crippen molar-refractivity contribution in [3.05, 3.63) is 23.4 Å². The lowest BCUT2D eigenvalue weighted by Gasteiger charge is -2.32. The van der Waals surface area contributed by atoms with Gasteiger partial charge in [-0.05, 0) is 17.5 Å². The predicted octanol–water partition coefficient (Wildman–Crippen LogP) is 1.65. The van der Waals surface area contributed by atoms with Crippen LogP contribution in [0.25, 0.3) is 0 Å². The summed E-state index contributed by atoms with van der Waals surface area (Å²) in [5.74, 6) is 1.32. The number of nitrogens with one attached hydrogen (secondary N) is 1. The average Bonchev–Trinajstić information content (AvgIpc) is 2.47. The topological polar surface area (TPSA) is 54.5 Å². The van der Waals surface area contributed by atoms with Crippen LogP contribution in [0.3, 0.4) is 0 Å². The number of carbonyl (C=O) groups is 1. The third kappa shape index (κ3) is 3.35. The zero-order valence-corrected chi connectivity index (χ0v) is 12.4. The molecule has 5 nitrogen and oxygen atoms in total. The molecule has 5 heteroatoms. The maximum absolute atomic E-state index is 11.1. The van der Waals surface area contributed by atoms with Gasteiger partial charge in [0.2, 0.25) is 0 Å². The second-order valence-corrected chi connectivity index (χ2v) is 5.43. The largest absolute Gasteiger partial charge is 0.378 e. The highest BCUT2D eigenvalue weighted by Gasteiger charge is 2.23. The number of carbonyl (C=O) groups excluding carboxylic acids is 1. The van der Waals surface area contributed by atoms with Gasteiger partial charge < -0.3 is 14.8 Å². The molecule has 1 aliphatic rings. The van der Waals surface area contributed by atoms with Crippen molar-refractivity contribution in [2.45, 2.75) is 32.4 Å². The number of aldehydes is 1. The van der Waals surface area contributed by atoms with Gasteiger partial charge in [-0.1, -0.05) is 13.8 Å². The number of nitrogens with zero attached hydrogens (tertiary/aromatic N) is 2. The van der Waals surface area contributed by atoms with Crippen molar-refractivity contribution in [3.63, 3.8) is 0 Å². The molecule has 110 valence electrons. The van der Waals surface area contributed by atoms with E-state index in [4.69, 9.17) is 4.74 Å². The second kappa shape index (κ2) is 6.81. The maximum Gasteiger partial charge on any atom is 0.139 e. The van der Waals surface area contributed by atoms with Crippen LogP contribution in [0, 0.1) is 0 Å². The number of morpholine rings is 1. The standard InChI is InChI=1S/C15H23N3O2/c1-11(2)12-6-13(15(16-3)17-7-12)8-18-4-5-20-10-14(18)9-19/h6-7,9,11,14H,4-5,8,10H2,1-3H3,(H,16,17). The molecule has 2 rings (SSSR count). The minimum atomic E-state index is -0.156. The molecule has 1 fully saturated rings. The lowest BCUT2D eigenvalue weighted by Crippen LogP contribution is -2.45. The van der Waals surface area contributed by atoms with Gasteiger partial charge in [-0.25, -0.2) is 4.98 Å². The molecule has 1 aromatic rings. The van der Waals surface area contributed by atoms with Crippen LogP contribution in [0.4, 0.5) is 5.82 Å². The zero-order valence-electron chi connectivity index (χ0n) is 12.4. The van der Waals surface area contributed by atoms with E-state index in [1.165, 1.54) is 5.56 Å². The second-order valence-electron chi connectivity index (χ2n) is 5.43. The Balaban J connectivity index is 2.21. The Morgan fingerprint density at radius 2 is 2.40 bits per heavy atom. The third-order valence-electron chi connectivity index (χ3n) is 3.70. The lowest BCUT2D eigenvalue weighted by molar-refractivity contribution is -0.118. The van der Waals surface area contributed by atoms with Gasteiger partial charge in [-0.3, -0.25) is 4.90 Å². The van der Waals surface area contributed by atoms with E-state index >= 15 is 0 Å². The highest BCUT2D eigenvalue weighted by atomic mass is 16.5. The lowest BCUT2D eigenvalue weighted by atomic mass is 10.0. The fourth-order valence-corrected chi connectivity index (χ4v) is 2.39. The molecule has 0 aliphatic carbocycles. The molecule has 1 aromatic heterocycles. The van der Waals surface area contributed by atoms with Crippen molar-refractivity contribution < 1.29 is 9.53 Å². The van der Waals surface area contributed by atoms with E-state index in [-0.39, 0.29) is 6.04 Å². The number of anilines is 1. The SMILES string of the molecule is CNc1ncc(C(C)C)cc1CN1CCOCC1C=O. The number of pyridine rings is 1. The van der Waals surface area contributed by atoms with Gasteiger partial charge in [0.15, 0.2) is 0 Å². The first-order chi connectivity index (χ1) is 9.65. The highest BCUT2D eigenvalue weighted by molar-refractivity contribution is 5.58. The Morgan fingerprint density at radius 1 is 1.60 bits per heavy atom. The van der Waals surface area contributed by atoms with Crippen LogP contribution in [0.5, 0.6) is 0 Å². The molecule has 0 saturated carbocycles. The van der Waals surface area contributed by atoms with Crippen LogP contribution in [0.1, 0.15) is 30.9 Å². The summed E-state index contributed by atoms with van der Waals surface area (Å²) in [7, 11) is 1.87. The van der Waals surface area contributed by atoms with Crippen LogP contribution < -0.4 is 5.32 Å². The monoisotopic (exact) mass is 277 g/mol. The van der Waals surface area contributed by atoms with Crippen LogP contribution in [0.2, 0.25) is 0 Å². The molecule has 0 aromatic carbocycles. The summed E-state index contributed by atoms with van der Waals surface area (Å²) in [6.07, 6.45) is 2.88. The first kappa shape index (κ1) is 14.9. The minimum absolute atomic E-state index is 0.156. The molecule has 0 amide bonds. The summed E-state index contributed by atoms with van der Waals surface area (Å²) < 4.78 is 5.36. The fraction of sp³-hybridized carbons (Fsp3) is 0.600. The summed E-state index contributed by atoms with van der Waals surface area (Å²) in [6, 6.07) is 2.03. The molecule has 1 saturated heterocycles. The predicted molar refractivity (Wildman–Crippen MR) is 79.0 cm³/mol. The van der Waals surface area contributed by atoms with E-state index in [1.807, 2.05) is 13.2 Å². The Labute approximate surface area is 120 Å². The third-order valence-corrected chi connectivity index (χ3v) is 3.70. The van der Waals surface area contributed by atoms with Crippen molar-refractivity contribution in [3.8, 4) is 0 Å². The quantitative estimate of drug-likeness (QED) is 0.829. The Morgan fingerprint density at radius 3 is 3.05 bits per heavy atom. The zero-order chi connectivity index (χ0) is 14.5. The van der Waals surface area contributed by atoms with E-state index in [0.29, 0.717) is 19.1 Å². The molecule has 1 aliphatic heterocycles. The molecule has 1 unspecified atom stereocenters. The Kier molecular flexibility index (Phi) is 5.09. The average molecular weight is 277 g/mol. The summed E-state index contributed by atoms with van der Waals surface area (Å²) in [4.78, 5) is 17.8. The van der Waals surface area contributed by atoms with Crippen molar-refractivity contribution >= 4 is 12.1 Å². The molecular weight excluding hydrogens is 254 g/mol. The van der Waals surface area contributed by atoms with Gasteiger partial charge in [-0.15, -0.1) is 0 Å². The first-order valence-electron chi connectivity index (χ1n) is 7.09. The Bertz CT molecular complexity index is 462. The molecule has 1 N–H and O–H groups in total. The van der Waals surface area contributed by atoms with Crippen LogP contribution in [-0.4, -0.2) is 49.0 Å². The van der Waals surface area contributed by atoms with Gasteiger partial charge in [-0.2, -0.15) is 0 Å². The van der Waals surface area contributed by atoms with Gasteiger partial charge in [0.25, 0.3) is 0 Å². The molecule has 2 heterocycles. The highest BCUT2D eigenvalue weighted by Crippen LogP contribution is 2.22.